The minimum atomic E-state index is -1.74. The van der Waals surface area contributed by atoms with Crippen LogP contribution in [0.2, 0.25) is 0 Å². The van der Waals surface area contributed by atoms with Crippen molar-refractivity contribution < 1.29 is 22.8 Å². The number of hydrogen-bond donors (Lipinski definition) is 1. The first kappa shape index (κ1) is 18.4. The van der Waals surface area contributed by atoms with Crippen LogP contribution in [0.5, 0.6) is 5.75 Å². The van der Waals surface area contributed by atoms with Crippen LogP contribution in [0, 0.1) is 24.4 Å². The lowest BCUT2D eigenvalue weighted by Crippen LogP contribution is -2.40. The quantitative estimate of drug-likeness (QED) is 0.687. The normalized spacial score (nSPS) is 11.1. The topological polar surface area (TPSA) is 103 Å². The number of aromatic nitrogens is 4. The lowest BCUT2D eigenvalue weighted by Gasteiger charge is -2.08. The molecule has 0 spiro atoms. The zero-order valence-electron chi connectivity index (χ0n) is 14.2. The van der Waals surface area contributed by atoms with Crippen molar-refractivity contribution in [2.75, 3.05) is 0 Å². The van der Waals surface area contributed by atoms with Crippen LogP contribution in [0.15, 0.2) is 26.4 Å². The maximum Gasteiger partial charge on any atom is 0.331 e. The lowest BCUT2D eigenvalue weighted by atomic mass is 10.2. The monoisotopic (exact) mass is 382 g/mol. The molecule has 0 saturated heterocycles. The number of nitrogens with zero attached hydrogens (tertiary/aromatic N) is 4. The van der Waals surface area contributed by atoms with Crippen molar-refractivity contribution in [3.63, 3.8) is 0 Å². The van der Waals surface area contributed by atoms with Crippen LogP contribution in [-0.4, -0.2) is 24.4 Å². The minimum Gasteiger partial charge on any atom is -0.503 e. The summed E-state index contributed by atoms with van der Waals surface area (Å²) in [5.74, 6) is -6.78. The van der Waals surface area contributed by atoms with Crippen LogP contribution in [0.1, 0.15) is 18.3 Å². The van der Waals surface area contributed by atoms with Crippen molar-refractivity contribution in [1.29, 1.82) is 0 Å². The highest BCUT2D eigenvalue weighted by molar-refractivity contribution is 5.57. The first-order chi connectivity index (χ1) is 12.7. The van der Waals surface area contributed by atoms with E-state index < -0.39 is 45.9 Å². The maximum atomic E-state index is 13.9. The van der Waals surface area contributed by atoms with Gasteiger partial charge in [0, 0.05) is 18.3 Å². The predicted molar refractivity (Wildman–Crippen MR) is 85.7 cm³/mol. The van der Waals surface area contributed by atoms with Gasteiger partial charge in [-0.15, -0.1) is 0 Å². The van der Waals surface area contributed by atoms with E-state index in [-0.39, 0.29) is 18.9 Å². The van der Waals surface area contributed by atoms with Gasteiger partial charge in [-0.2, -0.15) is 9.37 Å². The van der Waals surface area contributed by atoms with E-state index in [9.17, 15) is 27.9 Å². The maximum absolute atomic E-state index is 13.9. The van der Waals surface area contributed by atoms with Gasteiger partial charge in [-0.05, 0) is 19.9 Å². The Hall–Kier alpha value is -3.37. The molecule has 142 valence electrons. The molecule has 3 aromatic rings. The molecule has 3 rings (SSSR count). The smallest absolute Gasteiger partial charge is 0.331 e. The molecule has 27 heavy (non-hydrogen) atoms. The molecule has 0 aliphatic rings. The van der Waals surface area contributed by atoms with E-state index in [4.69, 9.17) is 4.52 Å². The number of halogens is 3. The Bertz CT molecular complexity index is 1150. The second-order valence-electron chi connectivity index (χ2n) is 5.67. The number of benzene rings is 1. The molecule has 11 heteroatoms. The molecule has 2 heterocycles. The molecule has 0 fully saturated rings. The standard InChI is InChI=1S/C16H13F3N4O4/c1-3-23-15(25)7(2)5-22(16(23)26)6-10-20-14(27-21-10)8-4-9(17)12(19)13(24)11(8)18/h4-5,24H,3,6H2,1-2H3. The molecule has 0 atom stereocenters. The van der Waals surface area contributed by atoms with Crippen LogP contribution >= 0.6 is 0 Å². The average molecular weight is 382 g/mol. The number of rotatable bonds is 4. The van der Waals surface area contributed by atoms with Crippen molar-refractivity contribution in [3.05, 3.63) is 61.9 Å². The zero-order valence-corrected chi connectivity index (χ0v) is 14.2. The third-order valence-electron chi connectivity index (χ3n) is 3.87. The average Bonchev–Trinajstić information content (AvgIpc) is 3.09. The highest BCUT2D eigenvalue weighted by Crippen LogP contribution is 2.31. The first-order valence-corrected chi connectivity index (χ1v) is 7.74. The van der Waals surface area contributed by atoms with Gasteiger partial charge in [0.25, 0.3) is 11.4 Å². The molecule has 0 unspecified atom stereocenters. The van der Waals surface area contributed by atoms with Gasteiger partial charge >= 0.3 is 5.69 Å². The summed E-state index contributed by atoms with van der Waals surface area (Å²) in [5.41, 5.74) is -1.34. The van der Waals surface area contributed by atoms with E-state index in [1.807, 2.05) is 0 Å². The summed E-state index contributed by atoms with van der Waals surface area (Å²) in [6.45, 7) is 3.12. The number of phenolic OH excluding ortho intramolecular Hbond substituents is 1. The van der Waals surface area contributed by atoms with Crippen LogP contribution < -0.4 is 11.2 Å². The molecule has 0 aliphatic carbocycles. The van der Waals surface area contributed by atoms with Crippen molar-refractivity contribution in [1.82, 2.24) is 19.3 Å². The molecular formula is C16H13F3N4O4. The molecule has 0 aliphatic heterocycles. The van der Waals surface area contributed by atoms with E-state index in [2.05, 4.69) is 10.1 Å². The van der Waals surface area contributed by atoms with E-state index in [0.717, 1.165) is 9.13 Å². The fourth-order valence-electron chi connectivity index (χ4n) is 2.52. The van der Waals surface area contributed by atoms with Gasteiger partial charge in [-0.1, -0.05) is 5.16 Å². The summed E-state index contributed by atoms with van der Waals surface area (Å²) in [4.78, 5) is 28.0. The molecular weight excluding hydrogens is 369 g/mol. The largest absolute Gasteiger partial charge is 0.503 e. The number of hydrogen-bond acceptors (Lipinski definition) is 6. The minimum absolute atomic E-state index is 0.0728. The Morgan fingerprint density at radius 2 is 1.93 bits per heavy atom. The van der Waals surface area contributed by atoms with Crippen LogP contribution in [0.25, 0.3) is 11.5 Å². The predicted octanol–water partition coefficient (Wildman–Crippen LogP) is 1.56. The molecule has 0 bridgehead atoms. The van der Waals surface area contributed by atoms with Crippen molar-refractivity contribution in [3.8, 4) is 17.2 Å². The number of aryl methyl sites for hydroxylation is 1. The van der Waals surface area contributed by atoms with Gasteiger partial charge in [0.05, 0.1) is 12.1 Å². The first-order valence-electron chi connectivity index (χ1n) is 7.74. The molecule has 0 radical (unpaired) electrons. The molecule has 1 N–H and O–H groups in total. The summed E-state index contributed by atoms with van der Waals surface area (Å²) in [6.07, 6.45) is 1.32. The fraction of sp³-hybridized carbons (Fsp3) is 0.250. The third-order valence-corrected chi connectivity index (χ3v) is 3.87. The summed E-state index contributed by atoms with van der Waals surface area (Å²) < 4.78 is 47.5. The number of aromatic hydroxyl groups is 1. The van der Waals surface area contributed by atoms with E-state index in [0.29, 0.717) is 11.6 Å². The number of phenols is 1. The van der Waals surface area contributed by atoms with Crippen LogP contribution in [0.4, 0.5) is 13.2 Å². The molecule has 1 aromatic carbocycles. The highest BCUT2D eigenvalue weighted by atomic mass is 19.2. The lowest BCUT2D eigenvalue weighted by molar-refractivity contribution is 0.373. The van der Waals surface area contributed by atoms with E-state index in [1.165, 1.54) is 13.1 Å². The van der Waals surface area contributed by atoms with E-state index >= 15 is 0 Å². The molecule has 0 saturated carbocycles. The highest BCUT2D eigenvalue weighted by Gasteiger charge is 2.23. The van der Waals surface area contributed by atoms with Crippen molar-refractivity contribution >= 4 is 0 Å². The van der Waals surface area contributed by atoms with Gasteiger partial charge in [-0.3, -0.25) is 13.9 Å². The second-order valence-corrected chi connectivity index (χ2v) is 5.67. The van der Waals surface area contributed by atoms with Crippen molar-refractivity contribution in [2.24, 2.45) is 0 Å². The third kappa shape index (κ3) is 3.11. The van der Waals surface area contributed by atoms with E-state index in [1.54, 1.807) is 6.92 Å². The zero-order chi connectivity index (χ0) is 19.9. The van der Waals surface area contributed by atoms with Crippen molar-refractivity contribution in [2.45, 2.75) is 26.9 Å². The van der Waals surface area contributed by atoms with Crippen LogP contribution in [0.3, 0.4) is 0 Å². The summed E-state index contributed by atoms with van der Waals surface area (Å²) in [6, 6.07) is 0.468. The fourth-order valence-corrected chi connectivity index (χ4v) is 2.52. The Labute approximate surface area is 149 Å². The Balaban J connectivity index is 2.01. The molecule has 8 nitrogen and oxygen atoms in total. The van der Waals surface area contributed by atoms with Gasteiger partial charge in [0.2, 0.25) is 5.82 Å². The Morgan fingerprint density at radius 1 is 1.22 bits per heavy atom. The summed E-state index contributed by atoms with van der Waals surface area (Å²) in [5, 5.41) is 12.8. The Morgan fingerprint density at radius 3 is 2.59 bits per heavy atom. The SMILES string of the molecule is CCn1c(=O)c(C)cn(Cc2noc(-c3cc(F)c(F)c(O)c3F)n2)c1=O. The van der Waals surface area contributed by atoms with Gasteiger partial charge < -0.3 is 9.63 Å². The van der Waals surface area contributed by atoms with Gasteiger partial charge in [0.1, 0.15) is 0 Å². The molecule has 0 amide bonds. The van der Waals surface area contributed by atoms with Gasteiger partial charge in [-0.25, -0.2) is 13.6 Å². The summed E-state index contributed by atoms with van der Waals surface area (Å²) in [7, 11) is 0. The second kappa shape index (κ2) is 6.74. The van der Waals surface area contributed by atoms with Gasteiger partial charge in [0.15, 0.2) is 23.2 Å². The Kier molecular flexibility index (Phi) is 4.60. The molecule has 2 aromatic heterocycles. The van der Waals surface area contributed by atoms with Crippen LogP contribution in [-0.2, 0) is 13.1 Å². The summed E-state index contributed by atoms with van der Waals surface area (Å²) >= 11 is 0.